The van der Waals surface area contributed by atoms with Crippen molar-refractivity contribution < 1.29 is 17.6 Å². The molecule has 0 aliphatic heterocycles. The van der Waals surface area contributed by atoms with Gasteiger partial charge < -0.3 is 9.73 Å². The number of aromatic nitrogens is 1. The lowest BCUT2D eigenvalue weighted by Gasteiger charge is -2.19. The predicted molar refractivity (Wildman–Crippen MR) is 129 cm³/mol. The molecule has 0 saturated carbocycles. The number of fused-ring (bicyclic) bond motifs is 1. The number of nitrogens with one attached hydrogen (secondary N) is 2. The summed E-state index contributed by atoms with van der Waals surface area (Å²) in [4.78, 5) is 24.7. The zero-order chi connectivity index (χ0) is 24.3. The molecule has 0 aliphatic carbocycles. The number of hydrogen-bond acceptors (Lipinski definition) is 5. The fraction of sp³-hybridized carbons (Fsp3) is 0.167. The molecule has 8 nitrogen and oxygen atoms in total. The smallest absolute Gasteiger partial charge is 0.408 e. The van der Waals surface area contributed by atoms with Gasteiger partial charge in [0.05, 0.1) is 10.4 Å². The van der Waals surface area contributed by atoms with Gasteiger partial charge in [-0.05, 0) is 35.7 Å². The number of sulfonamides is 1. The van der Waals surface area contributed by atoms with E-state index in [-0.39, 0.29) is 23.4 Å². The average Bonchev–Trinajstić information content (AvgIpc) is 3.11. The van der Waals surface area contributed by atoms with E-state index in [1.165, 1.54) is 29.8 Å². The molecule has 0 saturated heterocycles. The number of hydrogen-bond donors (Lipinski definition) is 2. The van der Waals surface area contributed by atoms with Crippen molar-refractivity contribution in [3.8, 4) is 0 Å². The lowest BCUT2D eigenvalue weighted by molar-refractivity contribution is -0.122. The second-order valence-corrected chi connectivity index (χ2v) is 9.85. The van der Waals surface area contributed by atoms with E-state index >= 15 is 0 Å². The third kappa shape index (κ3) is 5.22. The molecule has 4 aromatic rings. The zero-order valence-electron chi connectivity index (χ0n) is 18.2. The number of rotatable bonds is 8. The summed E-state index contributed by atoms with van der Waals surface area (Å²) >= 11 is 6.17. The van der Waals surface area contributed by atoms with E-state index in [1.54, 1.807) is 24.3 Å². The van der Waals surface area contributed by atoms with Gasteiger partial charge in [0.2, 0.25) is 15.9 Å². The SMILES string of the molecule is Cn1c(=O)oc2cc(S(=O)(=O)N[C@H](Cc3ccccc3)C(=O)NCc3ccccc3Cl)ccc21. The van der Waals surface area contributed by atoms with E-state index in [4.69, 9.17) is 16.0 Å². The molecule has 1 atom stereocenters. The first-order valence-corrected chi connectivity index (χ1v) is 12.3. The highest BCUT2D eigenvalue weighted by Crippen LogP contribution is 2.19. The van der Waals surface area contributed by atoms with Crippen LogP contribution in [-0.4, -0.2) is 24.9 Å². The molecule has 2 N–H and O–H groups in total. The van der Waals surface area contributed by atoms with Crippen LogP contribution in [0, 0.1) is 0 Å². The van der Waals surface area contributed by atoms with Crippen LogP contribution in [0.4, 0.5) is 0 Å². The molecule has 1 heterocycles. The molecule has 0 spiro atoms. The van der Waals surface area contributed by atoms with Gasteiger partial charge in [0, 0.05) is 24.7 Å². The summed E-state index contributed by atoms with van der Waals surface area (Å²) in [6.07, 6.45) is 0.136. The molecule has 1 amide bonds. The molecule has 0 radical (unpaired) electrons. The first-order chi connectivity index (χ1) is 16.2. The van der Waals surface area contributed by atoms with Crippen LogP contribution in [0.5, 0.6) is 0 Å². The standard InChI is InChI=1S/C24H22ClN3O5S/c1-28-21-12-11-18(14-22(21)33-24(28)30)34(31,32)27-20(13-16-7-3-2-4-8-16)23(29)26-15-17-9-5-6-10-19(17)25/h2-12,14,20,27H,13,15H2,1H3,(H,26,29)/t20-/m1/s1. The Morgan fingerprint density at radius 2 is 1.76 bits per heavy atom. The minimum atomic E-state index is -4.12. The summed E-state index contributed by atoms with van der Waals surface area (Å²) in [7, 11) is -2.59. The summed E-state index contributed by atoms with van der Waals surface area (Å²) in [5, 5.41) is 3.26. The summed E-state index contributed by atoms with van der Waals surface area (Å²) in [5.41, 5.74) is 2.09. The van der Waals surface area contributed by atoms with Crippen LogP contribution in [0.3, 0.4) is 0 Å². The Morgan fingerprint density at radius 3 is 2.50 bits per heavy atom. The number of benzene rings is 3. The largest absolute Gasteiger partial charge is 0.419 e. The highest BCUT2D eigenvalue weighted by atomic mass is 35.5. The molecule has 0 bridgehead atoms. The van der Waals surface area contributed by atoms with Crippen LogP contribution in [0.15, 0.2) is 86.9 Å². The van der Waals surface area contributed by atoms with Crippen LogP contribution < -0.4 is 15.8 Å². The van der Waals surface area contributed by atoms with E-state index in [2.05, 4.69) is 10.0 Å². The molecule has 0 aliphatic rings. The van der Waals surface area contributed by atoms with Crippen molar-refractivity contribution in [2.24, 2.45) is 7.05 Å². The fourth-order valence-electron chi connectivity index (χ4n) is 3.52. The number of oxazole rings is 1. The number of halogens is 1. The molecule has 1 aromatic heterocycles. The van der Waals surface area contributed by atoms with Gasteiger partial charge in [0.1, 0.15) is 6.04 Å². The Morgan fingerprint density at radius 1 is 1.06 bits per heavy atom. The number of aryl methyl sites for hydroxylation is 1. The number of amides is 1. The van der Waals surface area contributed by atoms with E-state index in [1.807, 2.05) is 30.3 Å². The maximum absolute atomic E-state index is 13.2. The molecular weight excluding hydrogens is 478 g/mol. The maximum Gasteiger partial charge on any atom is 0.419 e. The molecule has 34 heavy (non-hydrogen) atoms. The highest BCUT2D eigenvalue weighted by Gasteiger charge is 2.27. The minimum Gasteiger partial charge on any atom is -0.408 e. The third-order valence-corrected chi connectivity index (χ3v) is 7.22. The van der Waals surface area contributed by atoms with Gasteiger partial charge in [-0.25, -0.2) is 13.2 Å². The van der Waals surface area contributed by atoms with Crippen molar-refractivity contribution in [3.05, 3.63) is 99.5 Å². The Labute approximate surface area is 201 Å². The van der Waals surface area contributed by atoms with Gasteiger partial charge in [-0.2, -0.15) is 4.72 Å². The second-order valence-electron chi connectivity index (χ2n) is 7.73. The van der Waals surface area contributed by atoms with Crippen LogP contribution in [-0.2, 0) is 34.8 Å². The topological polar surface area (TPSA) is 110 Å². The van der Waals surface area contributed by atoms with Crippen molar-refractivity contribution in [1.82, 2.24) is 14.6 Å². The average molecular weight is 500 g/mol. The summed E-state index contributed by atoms with van der Waals surface area (Å²) in [6, 6.07) is 19.2. The summed E-state index contributed by atoms with van der Waals surface area (Å²) in [6.45, 7) is 0.145. The number of nitrogens with zero attached hydrogens (tertiary/aromatic N) is 1. The van der Waals surface area contributed by atoms with E-state index < -0.39 is 27.7 Å². The molecule has 176 valence electrons. The van der Waals surface area contributed by atoms with Gasteiger partial charge >= 0.3 is 5.76 Å². The zero-order valence-corrected chi connectivity index (χ0v) is 19.8. The van der Waals surface area contributed by atoms with E-state index in [9.17, 15) is 18.0 Å². The lowest BCUT2D eigenvalue weighted by atomic mass is 10.1. The Balaban J connectivity index is 1.59. The fourth-order valence-corrected chi connectivity index (χ4v) is 4.93. The van der Waals surface area contributed by atoms with Gasteiger partial charge in [-0.1, -0.05) is 60.1 Å². The molecular formula is C24H22ClN3O5S. The quantitative estimate of drug-likeness (QED) is 0.387. The molecule has 0 fully saturated rings. The van der Waals surface area contributed by atoms with Crippen molar-refractivity contribution in [3.63, 3.8) is 0 Å². The second kappa shape index (κ2) is 9.84. The van der Waals surface area contributed by atoms with Crippen molar-refractivity contribution in [1.29, 1.82) is 0 Å². The van der Waals surface area contributed by atoms with Crippen LogP contribution in [0.1, 0.15) is 11.1 Å². The first-order valence-electron chi connectivity index (χ1n) is 10.4. The summed E-state index contributed by atoms with van der Waals surface area (Å²) < 4.78 is 35.2. The normalized spacial score (nSPS) is 12.5. The Kier molecular flexibility index (Phi) is 6.87. The van der Waals surface area contributed by atoms with Gasteiger partial charge in [0.25, 0.3) is 0 Å². The minimum absolute atomic E-state index is 0.119. The third-order valence-electron chi connectivity index (χ3n) is 5.38. The van der Waals surface area contributed by atoms with E-state index in [0.717, 1.165) is 5.56 Å². The van der Waals surface area contributed by atoms with Gasteiger partial charge in [-0.15, -0.1) is 0 Å². The van der Waals surface area contributed by atoms with Crippen LogP contribution in [0.25, 0.3) is 11.1 Å². The highest BCUT2D eigenvalue weighted by molar-refractivity contribution is 7.89. The first kappa shape index (κ1) is 23.7. The van der Waals surface area contributed by atoms with Crippen molar-refractivity contribution in [2.45, 2.75) is 23.9 Å². The summed E-state index contributed by atoms with van der Waals surface area (Å²) in [5.74, 6) is -1.10. The van der Waals surface area contributed by atoms with Crippen LogP contribution >= 0.6 is 11.6 Å². The number of carbonyl (C=O) groups is 1. The van der Waals surface area contributed by atoms with E-state index in [0.29, 0.717) is 16.1 Å². The molecule has 0 unspecified atom stereocenters. The monoisotopic (exact) mass is 499 g/mol. The number of carbonyl (C=O) groups excluding carboxylic acids is 1. The molecule has 4 rings (SSSR count). The van der Waals surface area contributed by atoms with Crippen molar-refractivity contribution >= 4 is 38.6 Å². The lowest BCUT2D eigenvalue weighted by Crippen LogP contribution is -2.47. The van der Waals surface area contributed by atoms with Crippen molar-refractivity contribution in [2.75, 3.05) is 0 Å². The van der Waals surface area contributed by atoms with Gasteiger partial charge in [0.15, 0.2) is 5.58 Å². The van der Waals surface area contributed by atoms with Gasteiger partial charge in [-0.3, -0.25) is 9.36 Å². The Hall–Kier alpha value is -3.40. The maximum atomic E-state index is 13.2. The molecule has 10 heteroatoms. The molecule has 3 aromatic carbocycles. The Bertz CT molecular complexity index is 1500. The van der Waals surface area contributed by atoms with Crippen LogP contribution in [0.2, 0.25) is 5.02 Å². The predicted octanol–water partition coefficient (Wildman–Crippen LogP) is 2.99.